The summed E-state index contributed by atoms with van der Waals surface area (Å²) in [6.45, 7) is 4.92. The van der Waals surface area contributed by atoms with Gasteiger partial charge in [0.2, 0.25) is 0 Å². The van der Waals surface area contributed by atoms with Gasteiger partial charge < -0.3 is 14.8 Å². The molecular weight excluding hydrogens is 334 g/mol. The molecule has 0 radical (unpaired) electrons. The Morgan fingerprint density at radius 1 is 0.962 bits per heavy atom. The summed E-state index contributed by atoms with van der Waals surface area (Å²) in [6.07, 6.45) is 8.42. The third-order valence-corrected chi connectivity index (χ3v) is 4.82. The van der Waals surface area contributed by atoms with Crippen molar-refractivity contribution >= 4 is 17.7 Å². The second-order valence-electron chi connectivity index (χ2n) is 6.86. The molecule has 0 aromatic heterocycles. The number of carbonyl (C=O) groups excluding carboxylic acids is 3. The average molecular weight is 370 g/mol. The van der Waals surface area contributed by atoms with Crippen LogP contribution in [0.4, 0.5) is 0 Å². The number of esters is 2. The van der Waals surface area contributed by atoms with Gasteiger partial charge in [-0.1, -0.05) is 25.7 Å². The van der Waals surface area contributed by atoms with Crippen LogP contribution in [0.25, 0.3) is 0 Å². The predicted molar refractivity (Wildman–Crippen MR) is 99.7 cm³/mol. The first-order chi connectivity index (χ1) is 12.6. The van der Waals surface area contributed by atoms with Crippen molar-refractivity contribution in [3.05, 3.63) is 0 Å². The molecule has 1 saturated carbocycles. The second-order valence-corrected chi connectivity index (χ2v) is 6.86. The van der Waals surface area contributed by atoms with Crippen LogP contribution in [-0.2, 0) is 23.9 Å². The van der Waals surface area contributed by atoms with Crippen LogP contribution in [0.1, 0.15) is 78.1 Å². The molecule has 1 fully saturated rings. The number of ether oxygens (including phenoxy) is 2. The van der Waals surface area contributed by atoms with E-state index in [-0.39, 0.29) is 23.9 Å². The predicted octanol–water partition coefficient (Wildman–Crippen LogP) is 3.17. The van der Waals surface area contributed by atoms with Crippen molar-refractivity contribution < 1.29 is 23.9 Å². The maximum Gasteiger partial charge on any atom is 0.323 e. The molecule has 0 amide bonds. The zero-order valence-electron chi connectivity index (χ0n) is 16.4. The number of hydrogen-bond donors (Lipinski definition) is 1. The minimum Gasteiger partial charge on any atom is -0.466 e. The number of carbonyl (C=O) groups is 3. The lowest BCUT2D eigenvalue weighted by Crippen LogP contribution is -2.39. The molecule has 1 unspecified atom stereocenters. The van der Waals surface area contributed by atoms with Crippen LogP contribution < -0.4 is 5.32 Å². The number of nitrogens with one attached hydrogen (secondary N) is 1. The lowest BCUT2D eigenvalue weighted by molar-refractivity contribution is -0.146. The lowest BCUT2D eigenvalue weighted by Gasteiger charge is -2.24. The fourth-order valence-corrected chi connectivity index (χ4v) is 3.05. The Bertz CT molecular complexity index is 434. The van der Waals surface area contributed by atoms with Gasteiger partial charge in [-0.15, -0.1) is 0 Å². The van der Waals surface area contributed by atoms with E-state index >= 15 is 0 Å². The van der Waals surface area contributed by atoms with Crippen LogP contribution in [0, 0.1) is 5.92 Å². The van der Waals surface area contributed by atoms with E-state index in [1.165, 1.54) is 0 Å². The van der Waals surface area contributed by atoms with Gasteiger partial charge in [0, 0.05) is 25.3 Å². The van der Waals surface area contributed by atoms with E-state index in [0.29, 0.717) is 44.8 Å². The molecule has 0 heterocycles. The maximum absolute atomic E-state index is 12.1. The Labute approximate surface area is 157 Å². The fraction of sp³-hybridized carbons (Fsp3) is 0.850. The summed E-state index contributed by atoms with van der Waals surface area (Å²) in [6, 6.07) is -0.353. The normalized spacial score (nSPS) is 15.2. The Morgan fingerprint density at radius 3 is 2.27 bits per heavy atom. The summed E-state index contributed by atoms with van der Waals surface area (Å²) in [4.78, 5) is 35.3. The van der Waals surface area contributed by atoms with Gasteiger partial charge in [-0.3, -0.25) is 14.4 Å². The standard InChI is InChI=1S/C20H35NO5/c1-3-25-19(23)13-8-6-5-7-12-17(20(24)26-4-2)21-15-14-18(22)16-10-9-11-16/h16-17,21H,3-15H2,1-2H3. The summed E-state index contributed by atoms with van der Waals surface area (Å²) in [5.74, 6) is 0.173. The van der Waals surface area contributed by atoms with Gasteiger partial charge >= 0.3 is 11.9 Å². The minimum absolute atomic E-state index is 0.144. The molecule has 1 rings (SSSR count). The van der Waals surface area contributed by atoms with Crippen molar-refractivity contribution in [2.45, 2.75) is 84.1 Å². The van der Waals surface area contributed by atoms with Crippen molar-refractivity contribution in [1.82, 2.24) is 5.32 Å². The van der Waals surface area contributed by atoms with E-state index in [1.807, 2.05) is 0 Å². The van der Waals surface area contributed by atoms with E-state index in [4.69, 9.17) is 9.47 Å². The Balaban J connectivity index is 2.19. The van der Waals surface area contributed by atoms with Crippen LogP contribution in [-0.4, -0.2) is 43.5 Å². The summed E-state index contributed by atoms with van der Waals surface area (Å²) < 4.78 is 10.0. The van der Waals surface area contributed by atoms with Crippen molar-refractivity contribution in [1.29, 1.82) is 0 Å². The smallest absolute Gasteiger partial charge is 0.323 e. The summed E-state index contributed by atoms with van der Waals surface area (Å²) in [5, 5.41) is 3.19. The number of ketones is 1. The second kappa shape index (κ2) is 13.7. The topological polar surface area (TPSA) is 81.7 Å². The third-order valence-electron chi connectivity index (χ3n) is 4.82. The largest absolute Gasteiger partial charge is 0.466 e. The zero-order chi connectivity index (χ0) is 19.2. The molecule has 1 aliphatic carbocycles. The quantitative estimate of drug-likeness (QED) is 0.353. The maximum atomic E-state index is 12.1. The van der Waals surface area contributed by atoms with Gasteiger partial charge in [-0.25, -0.2) is 0 Å². The molecule has 0 aromatic carbocycles. The van der Waals surface area contributed by atoms with E-state index in [1.54, 1.807) is 13.8 Å². The Morgan fingerprint density at radius 2 is 1.65 bits per heavy atom. The zero-order valence-corrected chi connectivity index (χ0v) is 16.4. The molecule has 0 saturated heterocycles. The Hall–Kier alpha value is -1.43. The van der Waals surface area contributed by atoms with Gasteiger partial charge in [0.1, 0.15) is 11.8 Å². The summed E-state index contributed by atoms with van der Waals surface area (Å²) in [5.41, 5.74) is 0. The molecule has 6 heteroatoms. The van der Waals surface area contributed by atoms with Crippen LogP contribution in [0.5, 0.6) is 0 Å². The highest BCUT2D eigenvalue weighted by Crippen LogP contribution is 2.27. The monoisotopic (exact) mass is 369 g/mol. The number of Topliss-reactive ketones (excluding diaryl/α,β-unsaturated/α-hetero) is 1. The van der Waals surface area contributed by atoms with E-state index < -0.39 is 0 Å². The van der Waals surface area contributed by atoms with Gasteiger partial charge in [0.25, 0.3) is 0 Å². The van der Waals surface area contributed by atoms with Crippen LogP contribution in [0.15, 0.2) is 0 Å². The molecular formula is C20H35NO5. The van der Waals surface area contributed by atoms with Crippen molar-refractivity contribution in [3.8, 4) is 0 Å². The van der Waals surface area contributed by atoms with Crippen molar-refractivity contribution in [2.75, 3.05) is 19.8 Å². The first kappa shape index (κ1) is 22.6. The molecule has 26 heavy (non-hydrogen) atoms. The van der Waals surface area contributed by atoms with Gasteiger partial charge in [0.15, 0.2) is 0 Å². The van der Waals surface area contributed by atoms with Crippen LogP contribution in [0.3, 0.4) is 0 Å². The highest BCUT2D eigenvalue weighted by Gasteiger charge is 2.25. The fourth-order valence-electron chi connectivity index (χ4n) is 3.05. The summed E-state index contributed by atoms with van der Waals surface area (Å²) >= 11 is 0. The highest BCUT2D eigenvalue weighted by molar-refractivity contribution is 5.82. The molecule has 1 N–H and O–H groups in total. The molecule has 0 aliphatic heterocycles. The third kappa shape index (κ3) is 9.32. The number of hydrogen-bond acceptors (Lipinski definition) is 6. The first-order valence-electron chi connectivity index (χ1n) is 10.2. The molecule has 0 aromatic rings. The molecule has 6 nitrogen and oxygen atoms in total. The van der Waals surface area contributed by atoms with Crippen molar-refractivity contribution in [2.24, 2.45) is 5.92 Å². The van der Waals surface area contributed by atoms with Crippen molar-refractivity contribution in [3.63, 3.8) is 0 Å². The van der Waals surface area contributed by atoms with E-state index in [9.17, 15) is 14.4 Å². The minimum atomic E-state index is -0.353. The van der Waals surface area contributed by atoms with E-state index in [2.05, 4.69) is 5.32 Å². The van der Waals surface area contributed by atoms with Gasteiger partial charge in [0.05, 0.1) is 13.2 Å². The molecule has 0 spiro atoms. The van der Waals surface area contributed by atoms with Gasteiger partial charge in [-0.05, 0) is 39.5 Å². The van der Waals surface area contributed by atoms with Crippen LogP contribution in [0.2, 0.25) is 0 Å². The molecule has 1 aliphatic rings. The van der Waals surface area contributed by atoms with Crippen LogP contribution >= 0.6 is 0 Å². The molecule has 0 bridgehead atoms. The first-order valence-corrected chi connectivity index (χ1v) is 10.2. The highest BCUT2D eigenvalue weighted by atomic mass is 16.5. The number of rotatable bonds is 15. The SMILES string of the molecule is CCOC(=O)CCCCCCC(NCCC(=O)C1CCC1)C(=O)OCC. The molecule has 150 valence electrons. The lowest BCUT2D eigenvalue weighted by atomic mass is 9.81. The average Bonchev–Trinajstić information content (AvgIpc) is 2.55. The Kier molecular flexibility index (Phi) is 11.9. The summed E-state index contributed by atoms with van der Waals surface area (Å²) in [7, 11) is 0. The number of unbranched alkanes of at least 4 members (excludes halogenated alkanes) is 3. The van der Waals surface area contributed by atoms with E-state index in [0.717, 1.165) is 44.9 Å². The van der Waals surface area contributed by atoms with Gasteiger partial charge in [-0.2, -0.15) is 0 Å². The molecule has 1 atom stereocenters.